The summed E-state index contributed by atoms with van der Waals surface area (Å²) in [6.45, 7) is 2.27. The highest BCUT2D eigenvalue weighted by atomic mass is 35.5. The maximum atomic E-state index is 12.5. The van der Waals surface area contributed by atoms with Gasteiger partial charge in [-0.15, -0.1) is 11.3 Å². The van der Waals surface area contributed by atoms with Crippen molar-refractivity contribution in [1.29, 1.82) is 0 Å². The molecule has 0 aliphatic heterocycles. The van der Waals surface area contributed by atoms with Crippen LogP contribution in [0.2, 0.25) is 5.02 Å². The lowest BCUT2D eigenvalue weighted by Gasteiger charge is -2.26. The molecule has 1 aromatic carbocycles. The van der Waals surface area contributed by atoms with Crippen molar-refractivity contribution >= 4 is 44.6 Å². The van der Waals surface area contributed by atoms with Crippen molar-refractivity contribution in [2.75, 3.05) is 5.73 Å². The lowest BCUT2D eigenvalue weighted by Crippen LogP contribution is -2.37. The van der Waals surface area contributed by atoms with Crippen LogP contribution in [0.5, 0.6) is 0 Å². The summed E-state index contributed by atoms with van der Waals surface area (Å²) >= 11 is 7.43. The molecule has 21 heavy (non-hydrogen) atoms. The number of rotatable bonds is 2. The Morgan fingerprint density at radius 2 is 2.05 bits per heavy atom. The second-order valence-corrected chi connectivity index (χ2v) is 7.40. The number of nitrogens with one attached hydrogen (secondary N) is 1. The topological polar surface area (TPSA) is 55.1 Å². The van der Waals surface area contributed by atoms with Gasteiger partial charge in [0.25, 0.3) is 5.91 Å². The van der Waals surface area contributed by atoms with E-state index < -0.39 is 0 Å². The molecule has 0 atom stereocenters. The third-order valence-corrected chi connectivity index (χ3v) is 5.67. The van der Waals surface area contributed by atoms with E-state index in [-0.39, 0.29) is 11.9 Å². The van der Waals surface area contributed by atoms with Crippen LogP contribution in [0, 0.1) is 5.92 Å². The van der Waals surface area contributed by atoms with E-state index in [1.807, 2.05) is 18.2 Å². The molecule has 2 aromatic rings. The molecule has 3 N–H and O–H groups in total. The number of hydrogen-bond donors (Lipinski definition) is 2. The summed E-state index contributed by atoms with van der Waals surface area (Å²) in [4.78, 5) is 13.1. The van der Waals surface area contributed by atoms with Crippen LogP contribution in [0.15, 0.2) is 18.2 Å². The maximum absolute atomic E-state index is 12.5. The average molecular weight is 323 g/mol. The third kappa shape index (κ3) is 3.01. The zero-order valence-electron chi connectivity index (χ0n) is 12.0. The van der Waals surface area contributed by atoms with Crippen molar-refractivity contribution in [3.05, 3.63) is 28.1 Å². The fourth-order valence-corrected chi connectivity index (χ4v) is 4.09. The summed E-state index contributed by atoms with van der Waals surface area (Å²) in [5.41, 5.74) is 6.67. The second kappa shape index (κ2) is 5.85. The van der Waals surface area contributed by atoms with E-state index in [4.69, 9.17) is 17.3 Å². The lowest BCUT2D eigenvalue weighted by atomic mass is 9.87. The van der Waals surface area contributed by atoms with Crippen molar-refractivity contribution in [2.24, 2.45) is 5.92 Å². The Kier molecular flexibility index (Phi) is 4.09. The number of benzene rings is 1. The first-order valence-corrected chi connectivity index (χ1v) is 8.52. The Morgan fingerprint density at radius 1 is 1.33 bits per heavy atom. The Bertz CT molecular complexity index is 674. The number of anilines is 1. The Labute approximate surface area is 133 Å². The normalized spacial score (nSPS) is 22.4. The van der Waals surface area contributed by atoms with Gasteiger partial charge < -0.3 is 11.1 Å². The highest BCUT2D eigenvalue weighted by Gasteiger charge is 2.23. The molecule has 1 aliphatic carbocycles. The summed E-state index contributed by atoms with van der Waals surface area (Å²) in [7, 11) is 0. The van der Waals surface area contributed by atoms with E-state index in [0.29, 0.717) is 15.6 Å². The smallest absolute Gasteiger partial charge is 0.263 e. The van der Waals surface area contributed by atoms with Crippen LogP contribution in [-0.4, -0.2) is 11.9 Å². The molecule has 3 nitrogen and oxygen atoms in total. The number of hydrogen-bond acceptors (Lipinski definition) is 3. The summed E-state index contributed by atoms with van der Waals surface area (Å²) in [6.07, 6.45) is 4.48. The SMILES string of the molecule is CC1CCC(NC(=O)c2sc3ccc(Cl)cc3c2N)CC1. The minimum Gasteiger partial charge on any atom is -0.397 e. The highest BCUT2D eigenvalue weighted by Crippen LogP contribution is 2.35. The van der Waals surface area contributed by atoms with Crippen molar-refractivity contribution in [2.45, 2.75) is 38.6 Å². The number of thiophene rings is 1. The third-order valence-electron chi connectivity index (χ3n) is 4.25. The van der Waals surface area contributed by atoms with Gasteiger partial charge >= 0.3 is 0 Å². The Balaban J connectivity index is 1.80. The number of nitrogens with two attached hydrogens (primary N) is 1. The van der Waals surface area contributed by atoms with Gasteiger partial charge in [-0.25, -0.2) is 0 Å². The molecule has 1 saturated carbocycles. The first-order valence-electron chi connectivity index (χ1n) is 7.33. The molecule has 0 bridgehead atoms. The van der Waals surface area contributed by atoms with E-state index in [1.165, 1.54) is 24.2 Å². The second-order valence-electron chi connectivity index (χ2n) is 5.92. The van der Waals surface area contributed by atoms with Gasteiger partial charge in [0, 0.05) is 21.2 Å². The van der Waals surface area contributed by atoms with E-state index in [0.717, 1.165) is 28.8 Å². The Morgan fingerprint density at radius 3 is 2.76 bits per heavy atom. The first kappa shape index (κ1) is 14.7. The minimum absolute atomic E-state index is 0.0515. The van der Waals surface area contributed by atoms with Crippen LogP contribution < -0.4 is 11.1 Å². The molecule has 0 spiro atoms. The van der Waals surface area contributed by atoms with E-state index in [9.17, 15) is 4.79 Å². The van der Waals surface area contributed by atoms with Crippen LogP contribution in [0.25, 0.3) is 10.1 Å². The highest BCUT2D eigenvalue weighted by molar-refractivity contribution is 7.21. The predicted octanol–water partition coefficient (Wildman–Crippen LogP) is 4.45. The van der Waals surface area contributed by atoms with Gasteiger partial charge in [0.1, 0.15) is 4.88 Å². The quantitative estimate of drug-likeness (QED) is 0.858. The van der Waals surface area contributed by atoms with Crippen LogP contribution in [0.1, 0.15) is 42.3 Å². The molecule has 0 saturated heterocycles. The molecule has 1 heterocycles. The molecular weight excluding hydrogens is 304 g/mol. The molecular formula is C16H19ClN2OS. The predicted molar refractivity (Wildman–Crippen MR) is 90.1 cm³/mol. The van der Waals surface area contributed by atoms with Crippen LogP contribution >= 0.6 is 22.9 Å². The van der Waals surface area contributed by atoms with Gasteiger partial charge in [-0.05, 0) is 49.8 Å². The summed E-state index contributed by atoms with van der Waals surface area (Å²) in [6, 6.07) is 5.84. The van der Waals surface area contributed by atoms with Crippen molar-refractivity contribution in [1.82, 2.24) is 5.32 Å². The van der Waals surface area contributed by atoms with Gasteiger partial charge in [-0.1, -0.05) is 18.5 Å². The zero-order valence-corrected chi connectivity index (χ0v) is 13.6. The van der Waals surface area contributed by atoms with E-state index >= 15 is 0 Å². The van der Waals surface area contributed by atoms with Gasteiger partial charge in [-0.2, -0.15) is 0 Å². The first-order chi connectivity index (χ1) is 10.0. The molecule has 0 unspecified atom stereocenters. The van der Waals surface area contributed by atoms with Crippen molar-refractivity contribution in [3.8, 4) is 0 Å². The van der Waals surface area contributed by atoms with Crippen LogP contribution in [-0.2, 0) is 0 Å². The molecule has 1 aromatic heterocycles. The monoisotopic (exact) mass is 322 g/mol. The molecule has 3 rings (SSSR count). The largest absolute Gasteiger partial charge is 0.397 e. The van der Waals surface area contributed by atoms with Crippen LogP contribution in [0.4, 0.5) is 5.69 Å². The standard InChI is InChI=1S/C16H19ClN2OS/c1-9-2-5-11(6-3-9)19-16(20)15-14(18)12-8-10(17)4-7-13(12)21-15/h4,7-9,11H,2-3,5-6,18H2,1H3,(H,19,20). The number of carbonyl (C=O) groups is 1. The van der Waals surface area contributed by atoms with E-state index in [1.54, 1.807) is 0 Å². The molecule has 1 fully saturated rings. The van der Waals surface area contributed by atoms with Crippen molar-refractivity contribution < 1.29 is 4.79 Å². The van der Waals surface area contributed by atoms with Gasteiger partial charge in [-0.3, -0.25) is 4.79 Å². The zero-order chi connectivity index (χ0) is 15.0. The van der Waals surface area contributed by atoms with Gasteiger partial charge in [0.2, 0.25) is 0 Å². The molecule has 0 radical (unpaired) electrons. The van der Waals surface area contributed by atoms with Gasteiger partial charge in [0.15, 0.2) is 0 Å². The molecule has 1 amide bonds. The maximum Gasteiger partial charge on any atom is 0.263 e. The molecule has 1 aliphatic rings. The number of carbonyl (C=O) groups excluding carboxylic acids is 1. The van der Waals surface area contributed by atoms with Gasteiger partial charge in [0.05, 0.1) is 5.69 Å². The van der Waals surface area contributed by atoms with Crippen LogP contribution in [0.3, 0.4) is 0 Å². The number of amides is 1. The fourth-order valence-electron chi connectivity index (χ4n) is 2.91. The Hall–Kier alpha value is -1.26. The average Bonchev–Trinajstić information content (AvgIpc) is 2.79. The molecule has 5 heteroatoms. The minimum atomic E-state index is -0.0515. The summed E-state index contributed by atoms with van der Waals surface area (Å²) < 4.78 is 0.999. The number of halogens is 1. The van der Waals surface area contributed by atoms with E-state index in [2.05, 4.69) is 12.2 Å². The molecule has 112 valence electrons. The van der Waals surface area contributed by atoms with Crippen molar-refractivity contribution in [3.63, 3.8) is 0 Å². The number of fused-ring (bicyclic) bond motifs is 1. The number of nitrogen functional groups attached to an aromatic ring is 1. The summed E-state index contributed by atoms with van der Waals surface area (Å²) in [5, 5.41) is 4.64. The fraction of sp³-hybridized carbons (Fsp3) is 0.438. The summed E-state index contributed by atoms with van der Waals surface area (Å²) in [5.74, 6) is 0.721. The lowest BCUT2D eigenvalue weighted by molar-refractivity contribution is 0.0928.